The summed E-state index contributed by atoms with van der Waals surface area (Å²) in [5.41, 5.74) is 0.950. The highest BCUT2D eigenvalue weighted by molar-refractivity contribution is 9.10. The number of hydrogen-bond donors (Lipinski definition) is 1. The van der Waals surface area contributed by atoms with Crippen LogP contribution in [-0.4, -0.2) is 23.1 Å². The monoisotopic (exact) mass is 469 g/mol. The van der Waals surface area contributed by atoms with Gasteiger partial charge in [-0.25, -0.2) is 0 Å². The zero-order valence-corrected chi connectivity index (χ0v) is 16.9. The first kappa shape index (κ1) is 19.0. The fraction of sp³-hybridized carbons (Fsp3) is 0.0588. The van der Waals surface area contributed by atoms with Crippen molar-refractivity contribution < 1.29 is 9.59 Å². The highest BCUT2D eigenvalue weighted by Crippen LogP contribution is 2.28. The molecule has 0 aliphatic carbocycles. The van der Waals surface area contributed by atoms with Gasteiger partial charge in [0, 0.05) is 15.7 Å². The number of halogens is 3. The van der Waals surface area contributed by atoms with Crippen molar-refractivity contribution in [1.82, 2.24) is 5.32 Å². The maximum atomic E-state index is 12.8. The van der Waals surface area contributed by atoms with E-state index in [9.17, 15) is 9.59 Å². The van der Waals surface area contributed by atoms with E-state index >= 15 is 0 Å². The van der Waals surface area contributed by atoms with Crippen molar-refractivity contribution in [3.63, 3.8) is 0 Å². The Morgan fingerprint density at radius 2 is 1.85 bits per heavy atom. The van der Waals surface area contributed by atoms with Gasteiger partial charge in [0.1, 0.15) is 0 Å². The summed E-state index contributed by atoms with van der Waals surface area (Å²) in [5.74, 6) is -2.16. The van der Waals surface area contributed by atoms with Crippen LogP contribution in [0.2, 0.25) is 10.0 Å². The van der Waals surface area contributed by atoms with E-state index in [-0.39, 0.29) is 5.11 Å². The molecule has 2 aromatic rings. The maximum absolute atomic E-state index is 12.8. The largest absolute Gasteiger partial charge is 0.301 e. The molecule has 1 fully saturated rings. The summed E-state index contributed by atoms with van der Waals surface area (Å²) in [7, 11) is 0. The first-order chi connectivity index (χ1) is 12.4. The third-order valence-electron chi connectivity index (χ3n) is 3.56. The number of anilines is 1. The summed E-state index contributed by atoms with van der Waals surface area (Å²) in [6.07, 6.45) is 1.25. The fourth-order valence-electron chi connectivity index (χ4n) is 2.30. The third kappa shape index (κ3) is 3.96. The smallest absolute Gasteiger partial charge is 0.251 e. The van der Waals surface area contributed by atoms with Crippen LogP contribution in [0.4, 0.5) is 11.4 Å². The topological polar surface area (TPSA) is 61.8 Å². The molecule has 0 aromatic heterocycles. The number of carbonyl (C=O) groups excluding carboxylic acids is 2. The molecule has 1 N–H and O–H groups in total. The Bertz CT molecular complexity index is 934. The Labute approximate surface area is 173 Å². The molecule has 9 heteroatoms. The predicted octanol–water partition coefficient (Wildman–Crippen LogP) is 4.52. The summed E-state index contributed by atoms with van der Waals surface area (Å²) in [4.78, 5) is 30.5. The lowest BCUT2D eigenvalue weighted by atomic mass is 10.1. The molecule has 26 heavy (non-hydrogen) atoms. The number of rotatable bonds is 3. The maximum Gasteiger partial charge on any atom is 0.251 e. The third-order valence-corrected chi connectivity index (χ3v) is 4.91. The predicted molar refractivity (Wildman–Crippen MR) is 110 cm³/mol. The summed E-state index contributed by atoms with van der Waals surface area (Å²) < 4.78 is 0.858. The molecule has 0 saturated carbocycles. The minimum atomic E-state index is -1.13. The minimum Gasteiger partial charge on any atom is -0.301 e. The molecular formula is C17H10BrCl2N3O2S. The first-order valence-electron chi connectivity index (χ1n) is 7.30. The normalized spacial score (nSPS) is 17.7. The molecule has 1 heterocycles. The second kappa shape index (κ2) is 7.84. The van der Waals surface area contributed by atoms with E-state index in [2.05, 4.69) is 26.2 Å². The molecule has 2 aromatic carbocycles. The number of aliphatic imine (C=N–C) groups is 1. The number of amides is 2. The number of hydrogen-bond acceptors (Lipinski definition) is 4. The van der Waals surface area contributed by atoms with Gasteiger partial charge in [-0.2, -0.15) is 0 Å². The lowest BCUT2D eigenvalue weighted by molar-refractivity contribution is -0.130. The van der Waals surface area contributed by atoms with Crippen LogP contribution in [0.3, 0.4) is 0 Å². The number of nitrogens with one attached hydrogen (secondary N) is 1. The Morgan fingerprint density at radius 1 is 1.15 bits per heavy atom. The van der Waals surface area contributed by atoms with Crippen LogP contribution in [0.25, 0.3) is 0 Å². The van der Waals surface area contributed by atoms with Gasteiger partial charge in [-0.3, -0.25) is 19.5 Å². The van der Waals surface area contributed by atoms with E-state index in [0.29, 0.717) is 21.4 Å². The van der Waals surface area contributed by atoms with Gasteiger partial charge in [0.15, 0.2) is 11.0 Å². The quantitative estimate of drug-likeness (QED) is 0.407. The minimum absolute atomic E-state index is 0.0245. The van der Waals surface area contributed by atoms with E-state index in [1.807, 2.05) is 0 Å². The Hall–Kier alpha value is -1.80. The molecule has 5 nitrogen and oxygen atoms in total. The van der Waals surface area contributed by atoms with Crippen molar-refractivity contribution in [1.29, 1.82) is 0 Å². The first-order valence-corrected chi connectivity index (χ1v) is 9.26. The van der Waals surface area contributed by atoms with Gasteiger partial charge in [0.05, 0.1) is 16.4 Å². The van der Waals surface area contributed by atoms with Crippen LogP contribution < -0.4 is 10.2 Å². The molecule has 0 spiro atoms. The molecule has 1 saturated heterocycles. The van der Waals surface area contributed by atoms with Gasteiger partial charge in [0.2, 0.25) is 5.91 Å². The second-order valence-corrected chi connectivity index (χ2v) is 7.44. The zero-order valence-electron chi connectivity index (χ0n) is 12.9. The van der Waals surface area contributed by atoms with Crippen molar-refractivity contribution in [3.05, 3.63) is 57.0 Å². The average molecular weight is 471 g/mol. The Balaban J connectivity index is 1.90. The number of benzene rings is 2. The summed E-state index contributed by atoms with van der Waals surface area (Å²) >= 11 is 20.4. The van der Waals surface area contributed by atoms with Gasteiger partial charge in [-0.15, -0.1) is 0 Å². The van der Waals surface area contributed by atoms with Crippen LogP contribution in [-0.2, 0) is 9.59 Å². The van der Waals surface area contributed by atoms with Crippen LogP contribution in [0, 0.1) is 5.92 Å². The van der Waals surface area contributed by atoms with E-state index in [1.54, 1.807) is 36.4 Å². The Kier molecular flexibility index (Phi) is 5.72. The molecule has 1 aliphatic rings. The van der Waals surface area contributed by atoms with Crippen molar-refractivity contribution in [2.24, 2.45) is 10.9 Å². The SMILES string of the molecule is O=C1NC(=S)N(c2ccc(Br)cc2)C(=O)[C@@H]1C=Nc1ccc(Cl)cc1Cl. The van der Waals surface area contributed by atoms with Gasteiger partial charge in [0.25, 0.3) is 5.91 Å². The zero-order chi connectivity index (χ0) is 18.8. The molecule has 2 amide bonds. The number of carbonyl (C=O) groups is 2. The molecule has 1 atom stereocenters. The van der Waals surface area contributed by atoms with E-state index in [4.69, 9.17) is 35.4 Å². The lowest BCUT2D eigenvalue weighted by Crippen LogP contribution is -2.58. The van der Waals surface area contributed by atoms with E-state index < -0.39 is 17.7 Å². The van der Waals surface area contributed by atoms with Gasteiger partial charge < -0.3 is 5.32 Å². The molecule has 0 radical (unpaired) electrons. The number of thiocarbonyl (C=S) groups is 1. The van der Waals surface area contributed by atoms with Gasteiger partial charge in [-0.05, 0) is 54.7 Å². The summed E-state index contributed by atoms with van der Waals surface area (Å²) in [6.45, 7) is 0. The molecule has 1 aliphatic heterocycles. The molecule has 0 bridgehead atoms. The van der Waals surface area contributed by atoms with Crippen LogP contribution in [0.5, 0.6) is 0 Å². The van der Waals surface area contributed by atoms with Crippen LogP contribution in [0.1, 0.15) is 0 Å². The van der Waals surface area contributed by atoms with Crippen molar-refractivity contribution in [2.75, 3.05) is 4.90 Å². The molecule has 3 rings (SSSR count). The highest BCUT2D eigenvalue weighted by atomic mass is 79.9. The van der Waals surface area contributed by atoms with Crippen LogP contribution >= 0.6 is 51.3 Å². The van der Waals surface area contributed by atoms with E-state index in [0.717, 1.165) is 4.47 Å². The average Bonchev–Trinajstić information content (AvgIpc) is 2.57. The van der Waals surface area contributed by atoms with Crippen molar-refractivity contribution in [3.8, 4) is 0 Å². The molecule has 132 valence electrons. The van der Waals surface area contributed by atoms with Crippen molar-refractivity contribution in [2.45, 2.75) is 0 Å². The lowest BCUT2D eigenvalue weighted by Gasteiger charge is -2.30. The van der Waals surface area contributed by atoms with Crippen molar-refractivity contribution >= 4 is 85.9 Å². The molecule has 0 unspecified atom stereocenters. The van der Waals surface area contributed by atoms with E-state index in [1.165, 1.54) is 17.2 Å². The second-order valence-electron chi connectivity index (χ2n) is 5.30. The van der Waals surface area contributed by atoms with Gasteiger partial charge in [-0.1, -0.05) is 39.1 Å². The fourth-order valence-corrected chi connectivity index (χ4v) is 3.31. The standard InChI is InChI=1S/C17H10BrCl2N3O2S/c18-9-1-4-11(5-2-9)23-16(25)12(15(24)22-17(23)26)8-21-14-6-3-10(19)7-13(14)20/h1-8,12H,(H,22,24,26)/t12-/m1/s1. The van der Waals surface area contributed by atoms with Crippen LogP contribution in [0.15, 0.2) is 51.9 Å². The van der Waals surface area contributed by atoms with Gasteiger partial charge >= 0.3 is 0 Å². The Morgan fingerprint density at radius 3 is 2.50 bits per heavy atom. The summed E-state index contributed by atoms with van der Waals surface area (Å²) in [5, 5.41) is 3.33. The summed E-state index contributed by atoms with van der Waals surface area (Å²) in [6, 6.07) is 11.7. The number of nitrogens with zero attached hydrogens (tertiary/aromatic N) is 2. The molecular weight excluding hydrogens is 461 g/mol. The highest BCUT2D eigenvalue weighted by Gasteiger charge is 2.38.